The van der Waals surface area contributed by atoms with E-state index in [0.29, 0.717) is 37.1 Å². The van der Waals surface area contributed by atoms with Crippen molar-refractivity contribution >= 4 is 5.91 Å². The predicted octanol–water partition coefficient (Wildman–Crippen LogP) is 2.41. The molecule has 0 spiro atoms. The number of ether oxygens (including phenoxy) is 1. The van der Waals surface area contributed by atoms with Crippen LogP contribution in [0.2, 0.25) is 0 Å². The van der Waals surface area contributed by atoms with E-state index in [9.17, 15) is 4.79 Å². The molecule has 2 aromatic heterocycles. The maximum Gasteiger partial charge on any atom is 0.259 e. The third-order valence-corrected chi connectivity index (χ3v) is 4.14. The fourth-order valence-electron chi connectivity index (χ4n) is 3.09. The second-order valence-corrected chi connectivity index (χ2v) is 6.32. The van der Waals surface area contributed by atoms with Crippen molar-refractivity contribution in [2.24, 2.45) is 0 Å². The Kier molecular flexibility index (Phi) is 4.51. The van der Waals surface area contributed by atoms with Crippen LogP contribution in [0.3, 0.4) is 0 Å². The maximum absolute atomic E-state index is 12.9. The first-order chi connectivity index (χ1) is 11.5. The summed E-state index contributed by atoms with van der Waals surface area (Å²) in [7, 11) is 0. The average molecular weight is 329 g/mol. The lowest BCUT2D eigenvalue weighted by Gasteiger charge is -2.33. The summed E-state index contributed by atoms with van der Waals surface area (Å²) in [6.07, 6.45) is 1.63. The molecule has 0 unspecified atom stereocenters. The second-order valence-electron chi connectivity index (χ2n) is 6.32. The summed E-state index contributed by atoms with van der Waals surface area (Å²) in [4.78, 5) is 18.9. The Balaban J connectivity index is 1.88. The molecule has 3 heterocycles. The van der Waals surface area contributed by atoms with Crippen molar-refractivity contribution in [1.82, 2.24) is 24.6 Å². The molecule has 0 radical (unpaired) electrons. The Labute approximate surface area is 141 Å². The highest BCUT2D eigenvalue weighted by atomic mass is 16.5. The van der Waals surface area contributed by atoms with Gasteiger partial charge in [-0.25, -0.2) is 4.98 Å². The number of fused-ring (bicyclic) bond motifs is 1. The van der Waals surface area contributed by atoms with Crippen LogP contribution in [0, 0.1) is 0 Å². The molecule has 0 fully saturated rings. The fourth-order valence-corrected chi connectivity index (χ4v) is 3.09. The number of hydrogen-bond donors (Lipinski definition) is 0. The van der Waals surface area contributed by atoms with Crippen LogP contribution in [-0.4, -0.2) is 43.7 Å². The Morgan fingerprint density at radius 1 is 1.42 bits per heavy atom. The van der Waals surface area contributed by atoms with Gasteiger partial charge in [0.05, 0.1) is 19.2 Å². The van der Waals surface area contributed by atoms with Crippen LogP contribution >= 0.6 is 0 Å². The van der Waals surface area contributed by atoms with Crippen molar-refractivity contribution in [2.45, 2.75) is 46.2 Å². The number of carbonyl (C=O) groups is 1. The van der Waals surface area contributed by atoms with Gasteiger partial charge in [0.2, 0.25) is 5.88 Å². The quantitative estimate of drug-likeness (QED) is 0.861. The number of nitrogens with zero attached hydrogens (tertiary/aromatic N) is 5. The molecule has 3 rings (SSSR count). The molecule has 2 aromatic rings. The molecular formula is C17H23N5O2. The van der Waals surface area contributed by atoms with Gasteiger partial charge < -0.3 is 14.2 Å². The number of hydrogen-bond acceptors (Lipinski definition) is 5. The van der Waals surface area contributed by atoms with Crippen LogP contribution in [0.5, 0.6) is 5.88 Å². The molecule has 0 bridgehead atoms. The number of amides is 1. The molecule has 0 N–H and O–H groups in total. The molecular weight excluding hydrogens is 306 g/mol. The number of pyridine rings is 1. The van der Waals surface area contributed by atoms with Crippen LogP contribution in [-0.2, 0) is 6.54 Å². The smallest absolute Gasteiger partial charge is 0.259 e. The molecule has 24 heavy (non-hydrogen) atoms. The van der Waals surface area contributed by atoms with E-state index >= 15 is 0 Å². The Bertz CT molecular complexity index is 740. The Morgan fingerprint density at radius 2 is 2.21 bits per heavy atom. The normalized spacial score (nSPS) is 17.0. The van der Waals surface area contributed by atoms with Gasteiger partial charge in [0.1, 0.15) is 11.4 Å². The zero-order chi connectivity index (χ0) is 17.3. The molecule has 7 nitrogen and oxygen atoms in total. The van der Waals surface area contributed by atoms with Crippen LogP contribution < -0.4 is 4.74 Å². The summed E-state index contributed by atoms with van der Waals surface area (Å²) in [6.45, 7) is 9.71. The van der Waals surface area contributed by atoms with Gasteiger partial charge >= 0.3 is 0 Å². The highest BCUT2D eigenvalue weighted by molar-refractivity contribution is 5.96. The van der Waals surface area contributed by atoms with Crippen LogP contribution in [0.25, 0.3) is 0 Å². The van der Waals surface area contributed by atoms with Gasteiger partial charge in [-0.3, -0.25) is 4.79 Å². The van der Waals surface area contributed by atoms with E-state index in [4.69, 9.17) is 4.74 Å². The van der Waals surface area contributed by atoms with Crippen molar-refractivity contribution in [3.63, 3.8) is 0 Å². The van der Waals surface area contributed by atoms with Crippen LogP contribution in [0.15, 0.2) is 18.3 Å². The lowest BCUT2D eigenvalue weighted by atomic mass is 10.1. The zero-order valence-corrected chi connectivity index (χ0v) is 14.6. The van der Waals surface area contributed by atoms with Crippen molar-refractivity contribution in [1.29, 1.82) is 0 Å². The summed E-state index contributed by atoms with van der Waals surface area (Å²) in [5.41, 5.74) is 0.489. The van der Waals surface area contributed by atoms with Gasteiger partial charge in [0.15, 0.2) is 5.82 Å². The van der Waals surface area contributed by atoms with Crippen molar-refractivity contribution in [3.8, 4) is 5.88 Å². The average Bonchev–Trinajstić information content (AvgIpc) is 3.00. The number of rotatable bonds is 4. The second kappa shape index (κ2) is 6.59. The largest absolute Gasteiger partial charge is 0.477 e. The van der Waals surface area contributed by atoms with Gasteiger partial charge in [-0.15, -0.1) is 10.2 Å². The summed E-state index contributed by atoms with van der Waals surface area (Å²) >= 11 is 0. The molecule has 1 amide bonds. The number of carbonyl (C=O) groups excluding carboxylic acids is 1. The fraction of sp³-hybridized carbons (Fsp3) is 0.529. The molecule has 0 aliphatic carbocycles. The van der Waals surface area contributed by atoms with Crippen molar-refractivity contribution in [2.75, 3.05) is 13.2 Å². The van der Waals surface area contributed by atoms with Crippen LogP contribution in [0.4, 0.5) is 0 Å². The van der Waals surface area contributed by atoms with Crippen molar-refractivity contribution in [3.05, 3.63) is 35.5 Å². The summed E-state index contributed by atoms with van der Waals surface area (Å²) in [5, 5.41) is 8.58. The first kappa shape index (κ1) is 16.4. The van der Waals surface area contributed by atoms with Gasteiger partial charge in [-0.05, 0) is 26.0 Å². The molecule has 0 aromatic carbocycles. The zero-order valence-electron chi connectivity index (χ0n) is 14.6. The highest BCUT2D eigenvalue weighted by Crippen LogP contribution is 2.27. The molecule has 1 atom stereocenters. The van der Waals surface area contributed by atoms with E-state index in [2.05, 4.69) is 40.5 Å². The minimum atomic E-state index is -0.0845. The van der Waals surface area contributed by atoms with E-state index in [0.717, 1.165) is 11.6 Å². The van der Waals surface area contributed by atoms with E-state index in [-0.39, 0.29) is 11.9 Å². The standard InChI is InChI=1S/C17H23N5O2/c1-5-24-16-13(7-6-8-18-16)17(23)21-9-12(4)22-14(10-21)19-20-15(22)11(2)3/h6-8,11-12H,5,9-10H2,1-4H3/t12-/m0/s1. The van der Waals surface area contributed by atoms with Gasteiger partial charge in [0, 0.05) is 18.7 Å². The van der Waals surface area contributed by atoms with Gasteiger partial charge in [-0.2, -0.15) is 0 Å². The molecule has 1 aliphatic heterocycles. The van der Waals surface area contributed by atoms with E-state index in [1.165, 1.54) is 0 Å². The monoisotopic (exact) mass is 329 g/mol. The number of aromatic nitrogens is 4. The third kappa shape index (κ3) is 2.86. The lowest BCUT2D eigenvalue weighted by Crippen LogP contribution is -2.41. The minimum absolute atomic E-state index is 0.0845. The van der Waals surface area contributed by atoms with E-state index in [1.807, 2.05) is 6.92 Å². The topological polar surface area (TPSA) is 73.1 Å². The maximum atomic E-state index is 12.9. The first-order valence-corrected chi connectivity index (χ1v) is 8.33. The highest BCUT2D eigenvalue weighted by Gasteiger charge is 2.31. The molecule has 0 saturated heterocycles. The van der Waals surface area contributed by atoms with E-state index < -0.39 is 0 Å². The molecule has 7 heteroatoms. The summed E-state index contributed by atoms with van der Waals surface area (Å²) < 4.78 is 7.64. The van der Waals surface area contributed by atoms with Gasteiger partial charge in [0.25, 0.3) is 5.91 Å². The lowest BCUT2D eigenvalue weighted by molar-refractivity contribution is 0.0674. The minimum Gasteiger partial charge on any atom is -0.477 e. The first-order valence-electron chi connectivity index (χ1n) is 8.33. The third-order valence-electron chi connectivity index (χ3n) is 4.14. The molecule has 0 saturated carbocycles. The summed E-state index contributed by atoms with van der Waals surface area (Å²) in [6, 6.07) is 3.64. The molecule has 1 aliphatic rings. The SMILES string of the molecule is CCOc1ncccc1C(=O)N1Cc2nnc(C(C)C)n2[C@@H](C)C1. The molecule has 128 valence electrons. The Hall–Kier alpha value is -2.44. The van der Waals surface area contributed by atoms with Gasteiger partial charge in [-0.1, -0.05) is 13.8 Å². The predicted molar refractivity (Wildman–Crippen MR) is 89.0 cm³/mol. The van der Waals surface area contributed by atoms with Crippen LogP contribution in [0.1, 0.15) is 61.7 Å². The summed E-state index contributed by atoms with van der Waals surface area (Å²) in [5.74, 6) is 2.40. The Morgan fingerprint density at radius 3 is 2.92 bits per heavy atom. The van der Waals surface area contributed by atoms with Crippen molar-refractivity contribution < 1.29 is 9.53 Å². The van der Waals surface area contributed by atoms with E-state index in [1.54, 1.807) is 23.2 Å².